The number of amides is 1. The molecule has 1 N–H and O–H groups in total. The van der Waals surface area contributed by atoms with Gasteiger partial charge in [0.25, 0.3) is 5.91 Å². The van der Waals surface area contributed by atoms with Gasteiger partial charge in [-0.1, -0.05) is 13.8 Å². The van der Waals surface area contributed by atoms with E-state index in [1.165, 1.54) is 16.6 Å². The fraction of sp³-hybridized carbons (Fsp3) is 0.667. The monoisotopic (exact) mass is 327 g/mol. The maximum Gasteiger partial charge on any atom is 0.270 e. The fourth-order valence-corrected chi connectivity index (χ4v) is 4.36. The van der Waals surface area contributed by atoms with Crippen LogP contribution in [-0.2, 0) is 10.0 Å². The Labute approximate surface area is 132 Å². The molecule has 0 bridgehead atoms. The quantitative estimate of drug-likeness (QED) is 0.833. The number of likely N-dealkylation sites (tertiary alicyclic amines) is 1. The first-order valence-corrected chi connectivity index (χ1v) is 9.42. The Balaban J connectivity index is 2.19. The van der Waals surface area contributed by atoms with Crippen molar-refractivity contribution in [2.24, 2.45) is 0 Å². The molecule has 0 saturated carbocycles. The molecular formula is C15H25N3O3S. The van der Waals surface area contributed by atoms with Crippen LogP contribution in [0.4, 0.5) is 0 Å². The minimum atomic E-state index is -3.53. The predicted molar refractivity (Wildman–Crippen MR) is 85.3 cm³/mol. The highest BCUT2D eigenvalue weighted by molar-refractivity contribution is 7.89. The van der Waals surface area contributed by atoms with Crippen LogP contribution in [-0.4, -0.2) is 54.7 Å². The highest BCUT2D eigenvalue weighted by Crippen LogP contribution is 2.19. The van der Waals surface area contributed by atoms with E-state index >= 15 is 0 Å². The van der Waals surface area contributed by atoms with Gasteiger partial charge in [-0.25, -0.2) is 8.42 Å². The molecule has 1 amide bonds. The van der Waals surface area contributed by atoms with Crippen molar-refractivity contribution in [2.45, 2.75) is 44.4 Å². The molecule has 1 aliphatic heterocycles. The molecule has 0 aromatic carbocycles. The van der Waals surface area contributed by atoms with Gasteiger partial charge in [0.05, 0.1) is 0 Å². The Morgan fingerprint density at radius 1 is 1.23 bits per heavy atom. The summed E-state index contributed by atoms with van der Waals surface area (Å²) in [5.41, 5.74) is 0.355. The van der Waals surface area contributed by atoms with Crippen LogP contribution in [0, 0.1) is 0 Å². The molecule has 22 heavy (non-hydrogen) atoms. The van der Waals surface area contributed by atoms with E-state index in [9.17, 15) is 13.2 Å². The van der Waals surface area contributed by atoms with E-state index < -0.39 is 10.0 Å². The van der Waals surface area contributed by atoms with Gasteiger partial charge in [-0.3, -0.25) is 4.79 Å². The standard InChI is InChI=1S/C15H25N3O3S/c1-3-7-18(8-4-2)22(20,21)13-11-14(16-12-13)15(19)17-9-5-6-10-17/h11-12,16H,3-10H2,1-2H3. The van der Waals surface area contributed by atoms with Crippen LogP contribution in [0.25, 0.3) is 0 Å². The summed E-state index contributed by atoms with van der Waals surface area (Å²) in [6, 6.07) is 1.47. The summed E-state index contributed by atoms with van der Waals surface area (Å²) in [4.78, 5) is 17.1. The zero-order valence-electron chi connectivity index (χ0n) is 13.3. The third kappa shape index (κ3) is 3.52. The zero-order chi connectivity index (χ0) is 16.2. The Morgan fingerprint density at radius 2 is 1.82 bits per heavy atom. The van der Waals surface area contributed by atoms with Gasteiger partial charge < -0.3 is 9.88 Å². The summed E-state index contributed by atoms with van der Waals surface area (Å²) in [5.74, 6) is -0.114. The summed E-state index contributed by atoms with van der Waals surface area (Å²) in [5, 5.41) is 0. The van der Waals surface area contributed by atoms with Gasteiger partial charge in [0.15, 0.2) is 0 Å². The molecule has 1 saturated heterocycles. The Kier molecular flexibility index (Phi) is 5.63. The molecule has 2 rings (SSSR count). The van der Waals surface area contributed by atoms with Crippen molar-refractivity contribution in [2.75, 3.05) is 26.2 Å². The lowest BCUT2D eigenvalue weighted by molar-refractivity contribution is 0.0787. The average molecular weight is 327 g/mol. The molecule has 1 fully saturated rings. The number of rotatable bonds is 7. The van der Waals surface area contributed by atoms with Gasteiger partial charge in [-0.2, -0.15) is 4.31 Å². The number of H-pyrrole nitrogens is 1. The van der Waals surface area contributed by atoms with Gasteiger partial charge in [-0.15, -0.1) is 0 Å². The second kappa shape index (κ2) is 7.28. The maximum atomic E-state index is 12.7. The number of nitrogens with one attached hydrogen (secondary N) is 1. The van der Waals surface area contributed by atoms with Crippen LogP contribution in [0.1, 0.15) is 50.0 Å². The van der Waals surface area contributed by atoms with Crippen LogP contribution in [0.2, 0.25) is 0 Å². The molecule has 2 heterocycles. The van der Waals surface area contributed by atoms with Crippen LogP contribution < -0.4 is 0 Å². The van der Waals surface area contributed by atoms with Crippen LogP contribution in [0.5, 0.6) is 0 Å². The fourth-order valence-electron chi connectivity index (χ4n) is 2.74. The van der Waals surface area contributed by atoms with E-state index in [1.54, 1.807) is 4.90 Å². The second-order valence-electron chi connectivity index (χ2n) is 5.65. The van der Waals surface area contributed by atoms with Crippen LogP contribution in [0.15, 0.2) is 17.2 Å². The highest BCUT2D eigenvalue weighted by Gasteiger charge is 2.27. The molecule has 0 radical (unpaired) electrons. The lowest BCUT2D eigenvalue weighted by atomic mass is 10.4. The topological polar surface area (TPSA) is 73.5 Å². The maximum absolute atomic E-state index is 12.7. The predicted octanol–water partition coefficient (Wildman–Crippen LogP) is 2.06. The normalized spacial score (nSPS) is 15.7. The molecule has 0 atom stereocenters. The number of aromatic nitrogens is 1. The molecule has 7 heteroatoms. The first kappa shape index (κ1) is 17.0. The Morgan fingerprint density at radius 3 is 2.36 bits per heavy atom. The number of aromatic amines is 1. The van der Waals surface area contributed by atoms with Crippen LogP contribution in [0.3, 0.4) is 0 Å². The first-order chi connectivity index (χ1) is 10.5. The van der Waals surface area contributed by atoms with Crippen molar-refractivity contribution in [3.8, 4) is 0 Å². The molecule has 6 nitrogen and oxygen atoms in total. The first-order valence-electron chi connectivity index (χ1n) is 7.98. The molecule has 1 aromatic rings. The number of carbonyl (C=O) groups excluding carboxylic acids is 1. The lowest BCUT2D eigenvalue weighted by Crippen LogP contribution is -2.32. The van der Waals surface area contributed by atoms with Crippen molar-refractivity contribution >= 4 is 15.9 Å². The minimum absolute atomic E-state index is 0.114. The zero-order valence-corrected chi connectivity index (χ0v) is 14.2. The van der Waals surface area contributed by atoms with Crippen molar-refractivity contribution < 1.29 is 13.2 Å². The van der Waals surface area contributed by atoms with E-state index in [4.69, 9.17) is 0 Å². The van der Waals surface area contributed by atoms with Gasteiger partial charge in [0.2, 0.25) is 10.0 Å². The molecule has 0 spiro atoms. The molecule has 124 valence electrons. The van der Waals surface area contributed by atoms with E-state index in [1.807, 2.05) is 13.8 Å². The smallest absolute Gasteiger partial charge is 0.270 e. The van der Waals surface area contributed by atoms with Gasteiger partial charge in [0.1, 0.15) is 10.6 Å². The molecule has 0 unspecified atom stereocenters. The molecular weight excluding hydrogens is 302 g/mol. The van der Waals surface area contributed by atoms with Gasteiger partial charge in [-0.05, 0) is 31.7 Å². The number of nitrogens with zero attached hydrogens (tertiary/aromatic N) is 2. The second-order valence-corrected chi connectivity index (χ2v) is 7.59. The Hall–Kier alpha value is -1.34. The number of carbonyl (C=O) groups is 1. The third-order valence-electron chi connectivity index (χ3n) is 3.86. The molecule has 1 aromatic heterocycles. The van der Waals surface area contributed by atoms with Crippen molar-refractivity contribution in [3.05, 3.63) is 18.0 Å². The van der Waals surface area contributed by atoms with Crippen molar-refractivity contribution in [3.63, 3.8) is 0 Å². The lowest BCUT2D eigenvalue weighted by Gasteiger charge is -2.20. The largest absolute Gasteiger partial charge is 0.356 e. The molecule has 1 aliphatic rings. The number of sulfonamides is 1. The summed E-state index contributed by atoms with van der Waals surface area (Å²) >= 11 is 0. The van der Waals surface area contributed by atoms with E-state index in [-0.39, 0.29) is 10.8 Å². The minimum Gasteiger partial charge on any atom is -0.356 e. The van der Waals surface area contributed by atoms with E-state index in [0.29, 0.717) is 18.8 Å². The summed E-state index contributed by atoms with van der Waals surface area (Å²) in [6.45, 7) is 6.40. The van der Waals surface area contributed by atoms with Crippen molar-refractivity contribution in [1.82, 2.24) is 14.2 Å². The van der Waals surface area contributed by atoms with E-state index in [0.717, 1.165) is 38.8 Å². The van der Waals surface area contributed by atoms with Gasteiger partial charge >= 0.3 is 0 Å². The number of hydrogen-bond donors (Lipinski definition) is 1. The summed E-state index contributed by atoms with van der Waals surface area (Å²) < 4.78 is 26.8. The summed E-state index contributed by atoms with van der Waals surface area (Å²) in [6.07, 6.45) is 4.99. The third-order valence-corrected chi connectivity index (χ3v) is 5.74. The highest BCUT2D eigenvalue weighted by atomic mass is 32.2. The molecule has 0 aliphatic carbocycles. The number of hydrogen-bond acceptors (Lipinski definition) is 3. The van der Waals surface area contributed by atoms with Crippen molar-refractivity contribution in [1.29, 1.82) is 0 Å². The van der Waals surface area contributed by atoms with Gasteiger partial charge in [0, 0.05) is 32.4 Å². The van der Waals surface area contributed by atoms with Crippen LogP contribution >= 0.6 is 0 Å². The summed E-state index contributed by atoms with van der Waals surface area (Å²) in [7, 11) is -3.53. The SMILES string of the molecule is CCCN(CCC)S(=O)(=O)c1c[nH]c(C(=O)N2CCCC2)c1. The van der Waals surface area contributed by atoms with E-state index in [2.05, 4.69) is 4.98 Å². The Bertz CT molecular complexity index is 597. The average Bonchev–Trinajstić information content (AvgIpc) is 3.18.